The fourth-order valence-corrected chi connectivity index (χ4v) is 3.05. The lowest BCUT2D eigenvalue weighted by molar-refractivity contribution is -0.127. The number of nitrogens with one attached hydrogen (secondary N) is 2. The quantitative estimate of drug-likeness (QED) is 0.717. The molecule has 1 unspecified atom stereocenters. The van der Waals surface area contributed by atoms with Crippen LogP contribution < -0.4 is 14.8 Å². The summed E-state index contributed by atoms with van der Waals surface area (Å²) in [7, 11) is -1.92. The van der Waals surface area contributed by atoms with Crippen molar-refractivity contribution in [3.8, 4) is 5.75 Å². The maximum atomic E-state index is 12.1. The van der Waals surface area contributed by atoms with Crippen molar-refractivity contribution < 1.29 is 17.9 Å². The molecule has 0 radical (unpaired) electrons. The molecule has 8 heteroatoms. The third-order valence-electron chi connectivity index (χ3n) is 3.65. The largest absolute Gasteiger partial charge is 0.481 e. The van der Waals surface area contributed by atoms with E-state index in [2.05, 4.69) is 10.0 Å². The lowest BCUT2D eigenvalue weighted by Gasteiger charge is -2.15. The van der Waals surface area contributed by atoms with Crippen LogP contribution in [0.3, 0.4) is 0 Å². The monoisotopic (exact) mass is 396 g/mol. The summed E-state index contributed by atoms with van der Waals surface area (Å²) in [5.74, 6) is 0.233. The van der Waals surface area contributed by atoms with Crippen LogP contribution in [-0.2, 0) is 27.1 Å². The van der Waals surface area contributed by atoms with Crippen molar-refractivity contribution in [1.29, 1.82) is 0 Å². The predicted molar refractivity (Wildman–Crippen MR) is 102 cm³/mol. The molecule has 0 fully saturated rings. The third kappa shape index (κ3) is 6.33. The molecule has 0 bridgehead atoms. The van der Waals surface area contributed by atoms with Crippen LogP contribution in [0.2, 0.25) is 5.02 Å². The highest BCUT2D eigenvalue weighted by Gasteiger charge is 2.14. The van der Waals surface area contributed by atoms with E-state index in [9.17, 15) is 13.2 Å². The number of rotatable bonds is 8. The molecule has 6 nitrogen and oxygen atoms in total. The van der Waals surface area contributed by atoms with Crippen LogP contribution in [-0.4, -0.2) is 27.5 Å². The van der Waals surface area contributed by atoms with Crippen LogP contribution in [0.1, 0.15) is 18.1 Å². The van der Waals surface area contributed by atoms with Crippen molar-refractivity contribution in [3.63, 3.8) is 0 Å². The maximum Gasteiger partial charge on any atom is 0.261 e. The van der Waals surface area contributed by atoms with Crippen molar-refractivity contribution in [2.24, 2.45) is 0 Å². The van der Waals surface area contributed by atoms with E-state index < -0.39 is 16.1 Å². The number of amides is 1. The molecule has 2 rings (SSSR count). The molecule has 2 aromatic rings. The van der Waals surface area contributed by atoms with Gasteiger partial charge in [-0.05, 0) is 49.4 Å². The minimum absolute atomic E-state index is 0.0812. The molecule has 0 aliphatic heterocycles. The fraction of sp³-hybridized carbons (Fsp3) is 0.278. The smallest absolute Gasteiger partial charge is 0.261 e. The molecule has 26 heavy (non-hydrogen) atoms. The van der Waals surface area contributed by atoms with Gasteiger partial charge in [0.1, 0.15) is 5.75 Å². The summed E-state index contributed by atoms with van der Waals surface area (Å²) in [6.45, 7) is 1.99. The summed E-state index contributed by atoms with van der Waals surface area (Å²) in [5.41, 5.74) is 1.54. The van der Waals surface area contributed by atoms with E-state index in [4.69, 9.17) is 16.3 Å². The highest BCUT2D eigenvalue weighted by atomic mass is 35.5. The molecular formula is C18H21ClN2O4S. The van der Waals surface area contributed by atoms with Gasteiger partial charge < -0.3 is 10.1 Å². The van der Waals surface area contributed by atoms with Crippen LogP contribution in [0.5, 0.6) is 5.75 Å². The molecule has 0 aliphatic rings. The molecule has 0 aliphatic carbocycles. The van der Waals surface area contributed by atoms with E-state index in [0.717, 1.165) is 5.56 Å². The van der Waals surface area contributed by atoms with Crippen LogP contribution in [0, 0.1) is 0 Å². The van der Waals surface area contributed by atoms with Crippen molar-refractivity contribution in [3.05, 3.63) is 64.7 Å². The first-order valence-corrected chi connectivity index (χ1v) is 10.0. The van der Waals surface area contributed by atoms with Gasteiger partial charge in [0.25, 0.3) is 5.91 Å². The number of hydrogen-bond acceptors (Lipinski definition) is 4. The van der Waals surface area contributed by atoms with Crippen LogP contribution in [0.4, 0.5) is 0 Å². The Kier molecular flexibility index (Phi) is 7.02. The molecule has 0 heterocycles. The summed E-state index contributed by atoms with van der Waals surface area (Å²) >= 11 is 5.81. The Bertz CT molecular complexity index is 836. The van der Waals surface area contributed by atoms with Gasteiger partial charge in [-0.15, -0.1) is 0 Å². The SMILES string of the molecule is CNS(=O)(=O)Cc1ccc(CNC(=O)C(C)Oc2ccc(Cl)cc2)cc1. The second-order valence-electron chi connectivity index (χ2n) is 5.71. The molecule has 0 aromatic heterocycles. The van der Waals surface area contributed by atoms with Gasteiger partial charge in [-0.1, -0.05) is 35.9 Å². The van der Waals surface area contributed by atoms with Gasteiger partial charge >= 0.3 is 0 Å². The first-order valence-electron chi connectivity index (χ1n) is 7.98. The highest BCUT2D eigenvalue weighted by Crippen LogP contribution is 2.17. The number of halogens is 1. The van der Waals surface area contributed by atoms with E-state index in [-0.39, 0.29) is 11.7 Å². The second kappa shape index (κ2) is 9.02. The topological polar surface area (TPSA) is 84.5 Å². The van der Waals surface area contributed by atoms with E-state index in [1.807, 2.05) is 0 Å². The fourth-order valence-electron chi connectivity index (χ4n) is 2.15. The van der Waals surface area contributed by atoms with Crippen LogP contribution in [0.15, 0.2) is 48.5 Å². The van der Waals surface area contributed by atoms with E-state index in [1.54, 1.807) is 55.5 Å². The van der Waals surface area contributed by atoms with Crippen molar-refractivity contribution in [2.75, 3.05) is 7.05 Å². The lowest BCUT2D eigenvalue weighted by atomic mass is 10.1. The number of hydrogen-bond donors (Lipinski definition) is 2. The summed E-state index contributed by atoms with van der Waals surface area (Å²) in [6, 6.07) is 13.8. The summed E-state index contributed by atoms with van der Waals surface area (Å²) < 4.78 is 30.9. The van der Waals surface area contributed by atoms with Gasteiger partial charge in [0, 0.05) is 11.6 Å². The summed E-state index contributed by atoms with van der Waals surface area (Å²) in [5, 5.41) is 3.39. The Labute approximate surface area is 158 Å². The number of carbonyl (C=O) groups excluding carboxylic acids is 1. The molecule has 1 atom stereocenters. The van der Waals surface area contributed by atoms with E-state index in [1.165, 1.54) is 7.05 Å². The molecule has 0 saturated carbocycles. The van der Waals surface area contributed by atoms with E-state index in [0.29, 0.717) is 22.9 Å². The third-order valence-corrected chi connectivity index (χ3v) is 5.24. The number of sulfonamides is 1. The standard InChI is InChI=1S/C18H21ClN2O4S/c1-13(25-17-9-7-16(19)8-10-17)18(22)21-11-14-3-5-15(6-4-14)12-26(23,24)20-2/h3-10,13,20H,11-12H2,1-2H3,(H,21,22). The van der Waals surface area contributed by atoms with Gasteiger partial charge in [0.15, 0.2) is 6.10 Å². The second-order valence-corrected chi connectivity index (χ2v) is 8.07. The van der Waals surface area contributed by atoms with E-state index >= 15 is 0 Å². The van der Waals surface area contributed by atoms with Gasteiger partial charge in [-0.25, -0.2) is 13.1 Å². The number of ether oxygens (including phenoxy) is 1. The van der Waals surface area contributed by atoms with Crippen LogP contribution in [0.25, 0.3) is 0 Å². The molecule has 1 amide bonds. The first-order chi connectivity index (χ1) is 12.3. The average molecular weight is 397 g/mol. The van der Waals surface area contributed by atoms with Gasteiger partial charge in [0.2, 0.25) is 10.0 Å². The average Bonchev–Trinajstić information content (AvgIpc) is 2.62. The Morgan fingerprint density at radius 1 is 1.08 bits per heavy atom. The van der Waals surface area contributed by atoms with Gasteiger partial charge in [-0.3, -0.25) is 4.79 Å². The Balaban J connectivity index is 1.85. The highest BCUT2D eigenvalue weighted by molar-refractivity contribution is 7.88. The zero-order valence-corrected chi connectivity index (χ0v) is 16.1. The van der Waals surface area contributed by atoms with Crippen LogP contribution >= 0.6 is 11.6 Å². The first kappa shape index (κ1) is 20.2. The number of benzene rings is 2. The minimum Gasteiger partial charge on any atom is -0.481 e. The molecule has 0 saturated heterocycles. The minimum atomic E-state index is -3.30. The predicted octanol–water partition coefficient (Wildman–Crippen LogP) is 2.47. The van der Waals surface area contributed by atoms with Gasteiger partial charge in [0.05, 0.1) is 5.75 Å². The Morgan fingerprint density at radius 2 is 1.65 bits per heavy atom. The normalized spacial score (nSPS) is 12.4. The summed E-state index contributed by atoms with van der Waals surface area (Å²) in [4.78, 5) is 12.1. The zero-order valence-electron chi connectivity index (χ0n) is 14.5. The Hall–Kier alpha value is -2.09. The van der Waals surface area contributed by atoms with Crippen molar-refractivity contribution in [2.45, 2.75) is 25.3 Å². The molecule has 0 spiro atoms. The van der Waals surface area contributed by atoms with Gasteiger partial charge in [-0.2, -0.15) is 0 Å². The van der Waals surface area contributed by atoms with Crippen molar-refractivity contribution >= 4 is 27.5 Å². The maximum absolute atomic E-state index is 12.1. The lowest BCUT2D eigenvalue weighted by Crippen LogP contribution is -2.35. The van der Waals surface area contributed by atoms with Crippen molar-refractivity contribution in [1.82, 2.24) is 10.0 Å². The molecular weight excluding hydrogens is 376 g/mol. The molecule has 2 N–H and O–H groups in total. The molecule has 2 aromatic carbocycles. The summed E-state index contributed by atoms with van der Waals surface area (Å²) in [6.07, 6.45) is -0.656. The number of carbonyl (C=O) groups is 1. The zero-order chi connectivity index (χ0) is 19.2. The molecule has 140 valence electrons. The Morgan fingerprint density at radius 3 is 2.23 bits per heavy atom.